The summed E-state index contributed by atoms with van der Waals surface area (Å²) in [6.45, 7) is 0. The number of ether oxygens (including phenoxy) is 1. The fourth-order valence-electron chi connectivity index (χ4n) is 3.83. The van der Waals surface area contributed by atoms with Gasteiger partial charge in [-0.3, -0.25) is 14.4 Å². The third kappa shape index (κ3) is 4.31. The molecular formula is C26H17F2N3O4. The van der Waals surface area contributed by atoms with E-state index in [4.69, 9.17) is 4.74 Å². The van der Waals surface area contributed by atoms with E-state index in [0.29, 0.717) is 16.8 Å². The summed E-state index contributed by atoms with van der Waals surface area (Å²) >= 11 is 0. The first-order chi connectivity index (χ1) is 16.9. The molecule has 0 bridgehead atoms. The molecule has 0 fully saturated rings. The molecular weight excluding hydrogens is 456 g/mol. The predicted octanol–water partition coefficient (Wildman–Crippen LogP) is 4.41. The molecule has 4 aromatic rings. The lowest BCUT2D eigenvalue weighted by Gasteiger charge is -2.25. The quantitative estimate of drug-likeness (QED) is 0.306. The summed E-state index contributed by atoms with van der Waals surface area (Å²) in [5, 5.41) is 4.11. The van der Waals surface area contributed by atoms with Crippen LogP contribution in [0.4, 0.5) is 14.5 Å². The van der Waals surface area contributed by atoms with Gasteiger partial charge in [-0.15, -0.1) is 0 Å². The van der Waals surface area contributed by atoms with E-state index in [1.807, 2.05) is 0 Å². The first-order valence-corrected chi connectivity index (χ1v) is 10.7. The highest BCUT2D eigenvalue weighted by atomic mass is 19.1. The number of nitrogens with zero attached hydrogens (tertiary/aromatic N) is 3. The lowest BCUT2D eigenvalue weighted by Crippen LogP contribution is -2.42. The molecule has 0 radical (unpaired) electrons. The van der Waals surface area contributed by atoms with Gasteiger partial charge in [0, 0.05) is 19.0 Å². The summed E-state index contributed by atoms with van der Waals surface area (Å²) in [5.74, 6) is -2.71. The molecule has 5 rings (SSSR count). The van der Waals surface area contributed by atoms with Crippen LogP contribution in [0.5, 0.6) is 11.5 Å². The molecule has 0 saturated carbocycles. The fraction of sp³-hybridized carbons (Fsp3) is 0.0769. The van der Waals surface area contributed by atoms with E-state index in [-0.39, 0.29) is 29.9 Å². The van der Waals surface area contributed by atoms with Crippen LogP contribution in [0.1, 0.15) is 12.0 Å². The van der Waals surface area contributed by atoms with Crippen LogP contribution in [0, 0.1) is 11.6 Å². The van der Waals surface area contributed by atoms with Gasteiger partial charge in [-0.25, -0.2) is 18.2 Å². The summed E-state index contributed by atoms with van der Waals surface area (Å²) < 4.78 is 35.3. The number of carbonyl (C=O) groups excluding carboxylic acids is 3. The second-order valence-electron chi connectivity index (χ2n) is 7.83. The summed E-state index contributed by atoms with van der Waals surface area (Å²) in [5.41, 5.74) is 0.984. The summed E-state index contributed by atoms with van der Waals surface area (Å²) in [7, 11) is 0. The van der Waals surface area contributed by atoms with E-state index >= 15 is 0 Å². The highest BCUT2D eigenvalue weighted by molar-refractivity contribution is 6.33. The van der Waals surface area contributed by atoms with Crippen molar-refractivity contribution in [2.75, 3.05) is 4.90 Å². The molecule has 0 N–H and O–H groups in total. The molecule has 0 atom stereocenters. The molecule has 2 aromatic carbocycles. The van der Waals surface area contributed by atoms with Crippen molar-refractivity contribution < 1.29 is 27.9 Å². The zero-order valence-corrected chi connectivity index (χ0v) is 18.2. The van der Waals surface area contributed by atoms with Gasteiger partial charge < -0.3 is 4.74 Å². The number of Topliss-reactive ketones (excluding diaryl/α,β-unsaturated/α-hetero) is 1. The molecule has 0 saturated heterocycles. The average Bonchev–Trinajstić information content (AvgIpc) is 3.32. The standard InChI is InChI=1S/C26H17F2N3O4/c27-17-4-6-18(7-5-17)31-25(33)10-8-19(26(31)34)22(32)15-16-3-9-23(20(28)14-16)35-24-2-1-13-30-21(24)11-12-29-30/h1-9,11-14H,10,15H2. The molecule has 9 heteroatoms. The second kappa shape index (κ2) is 8.94. The molecule has 2 aromatic heterocycles. The first-order valence-electron chi connectivity index (χ1n) is 10.7. The van der Waals surface area contributed by atoms with E-state index < -0.39 is 29.2 Å². The minimum Gasteiger partial charge on any atom is -0.452 e. The van der Waals surface area contributed by atoms with E-state index in [1.165, 1.54) is 36.4 Å². The first kappa shape index (κ1) is 22.1. The Morgan fingerprint density at radius 2 is 1.80 bits per heavy atom. The van der Waals surface area contributed by atoms with Crippen LogP contribution in [0.2, 0.25) is 0 Å². The van der Waals surface area contributed by atoms with Crippen molar-refractivity contribution in [2.45, 2.75) is 12.8 Å². The van der Waals surface area contributed by atoms with Crippen molar-refractivity contribution in [3.8, 4) is 11.5 Å². The Hall–Kier alpha value is -4.66. The number of anilines is 1. The number of halogens is 2. The van der Waals surface area contributed by atoms with E-state index in [1.54, 1.807) is 35.1 Å². The third-order valence-corrected chi connectivity index (χ3v) is 5.53. The van der Waals surface area contributed by atoms with Gasteiger partial charge in [-0.2, -0.15) is 5.10 Å². The minimum absolute atomic E-state index is 0.0310. The molecule has 1 aliphatic heterocycles. The number of pyridine rings is 1. The second-order valence-corrected chi connectivity index (χ2v) is 7.83. The molecule has 174 valence electrons. The Kier molecular flexibility index (Phi) is 5.66. The van der Waals surface area contributed by atoms with Crippen molar-refractivity contribution in [2.24, 2.45) is 0 Å². The van der Waals surface area contributed by atoms with Gasteiger partial charge in [0.15, 0.2) is 23.1 Å². The molecule has 0 spiro atoms. The van der Waals surface area contributed by atoms with E-state index in [9.17, 15) is 23.2 Å². The number of fused-ring (bicyclic) bond motifs is 1. The SMILES string of the molecule is O=C(Cc1ccc(Oc2cccn3nccc23)c(F)c1)C1=CCC(=O)N(c2ccc(F)cc2)C1=O. The Morgan fingerprint density at radius 3 is 2.57 bits per heavy atom. The third-order valence-electron chi connectivity index (χ3n) is 5.53. The van der Waals surface area contributed by atoms with Crippen molar-refractivity contribution in [3.63, 3.8) is 0 Å². The van der Waals surface area contributed by atoms with Crippen LogP contribution in [-0.2, 0) is 20.8 Å². The number of benzene rings is 2. The Balaban J connectivity index is 1.33. The normalized spacial score (nSPS) is 13.8. The zero-order chi connectivity index (χ0) is 24.5. The molecule has 0 aliphatic carbocycles. The van der Waals surface area contributed by atoms with Crippen LogP contribution in [0.3, 0.4) is 0 Å². The zero-order valence-electron chi connectivity index (χ0n) is 18.2. The number of amides is 2. The average molecular weight is 473 g/mol. The lowest BCUT2D eigenvalue weighted by molar-refractivity contribution is -0.126. The summed E-state index contributed by atoms with van der Waals surface area (Å²) in [6.07, 6.45) is 4.19. The predicted molar refractivity (Wildman–Crippen MR) is 122 cm³/mol. The number of hydrogen-bond acceptors (Lipinski definition) is 5. The maximum absolute atomic E-state index is 14.8. The Bertz CT molecular complexity index is 1510. The minimum atomic E-state index is -0.799. The van der Waals surface area contributed by atoms with Crippen LogP contribution >= 0.6 is 0 Å². The highest BCUT2D eigenvalue weighted by Crippen LogP contribution is 2.29. The van der Waals surface area contributed by atoms with Gasteiger partial charge in [0.1, 0.15) is 11.3 Å². The maximum Gasteiger partial charge on any atom is 0.268 e. The van der Waals surface area contributed by atoms with Crippen molar-refractivity contribution in [3.05, 3.63) is 102 Å². The van der Waals surface area contributed by atoms with Crippen LogP contribution in [0.15, 0.2) is 84.7 Å². The number of ketones is 1. The van der Waals surface area contributed by atoms with Gasteiger partial charge in [0.2, 0.25) is 5.91 Å². The number of hydrogen-bond donors (Lipinski definition) is 0. The number of rotatable bonds is 6. The van der Waals surface area contributed by atoms with Crippen LogP contribution in [0.25, 0.3) is 5.52 Å². The number of imide groups is 1. The summed E-state index contributed by atoms with van der Waals surface area (Å²) in [4.78, 5) is 38.9. The van der Waals surface area contributed by atoms with Crippen molar-refractivity contribution in [1.29, 1.82) is 0 Å². The molecule has 3 heterocycles. The van der Waals surface area contributed by atoms with Gasteiger partial charge in [0.25, 0.3) is 5.91 Å². The molecule has 2 amide bonds. The van der Waals surface area contributed by atoms with Gasteiger partial charge in [-0.1, -0.05) is 12.1 Å². The number of aromatic nitrogens is 2. The largest absolute Gasteiger partial charge is 0.452 e. The summed E-state index contributed by atoms with van der Waals surface area (Å²) in [6, 6.07) is 14.1. The van der Waals surface area contributed by atoms with Crippen LogP contribution in [-0.4, -0.2) is 27.2 Å². The topological polar surface area (TPSA) is 81.0 Å². The van der Waals surface area contributed by atoms with Crippen molar-refractivity contribution >= 4 is 28.8 Å². The molecule has 35 heavy (non-hydrogen) atoms. The molecule has 1 aliphatic rings. The van der Waals surface area contributed by atoms with E-state index in [0.717, 1.165) is 17.0 Å². The van der Waals surface area contributed by atoms with Gasteiger partial charge in [0.05, 0.1) is 17.5 Å². The van der Waals surface area contributed by atoms with Crippen molar-refractivity contribution in [1.82, 2.24) is 9.61 Å². The van der Waals surface area contributed by atoms with Gasteiger partial charge >= 0.3 is 0 Å². The monoisotopic (exact) mass is 473 g/mol. The number of carbonyl (C=O) groups is 3. The Morgan fingerprint density at radius 1 is 1.00 bits per heavy atom. The Labute approximate surface area is 197 Å². The van der Waals surface area contributed by atoms with E-state index in [2.05, 4.69) is 5.10 Å². The lowest BCUT2D eigenvalue weighted by atomic mass is 9.98. The van der Waals surface area contributed by atoms with Crippen LogP contribution < -0.4 is 9.64 Å². The molecule has 0 unspecified atom stereocenters. The maximum atomic E-state index is 14.8. The fourth-order valence-corrected chi connectivity index (χ4v) is 3.83. The molecule has 7 nitrogen and oxygen atoms in total. The van der Waals surface area contributed by atoms with Gasteiger partial charge in [-0.05, 0) is 60.2 Å². The smallest absolute Gasteiger partial charge is 0.268 e. The highest BCUT2D eigenvalue weighted by Gasteiger charge is 2.33.